The fourth-order valence-corrected chi connectivity index (χ4v) is 3.53. The Morgan fingerprint density at radius 2 is 2.11 bits per heavy atom. The van der Waals surface area contributed by atoms with Crippen molar-refractivity contribution in [1.29, 1.82) is 0 Å². The minimum atomic E-state index is -0.0420. The number of hydrogen-bond acceptors (Lipinski definition) is 2. The van der Waals surface area contributed by atoms with Crippen molar-refractivity contribution in [2.45, 2.75) is 44.2 Å². The summed E-state index contributed by atoms with van der Waals surface area (Å²) < 4.78 is 0. The first-order valence-corrected chi connectivity index (χ1v) is 6.71. The van der Waals surface area contributed by atoms with Gasteiger partial charge in [0.05, 0.1) is 12.1 Å². The highest BCUT2D eigenvalue weighted by Gasteiger charge is 2.38. The Balaban J connectivity index is 1.84. The Labute approximate surface area is 111 Å². The van der Waals surface area contributed by atoms with Crippen molar-refractivity contribution in [3.63, 3.8) is 0 Å². The van der Waals surface area contributed by atoms with Crippen LogP contribution in [-0.2, 0) is 0 Å². The third-order valence-electron chi connectivity index (χ3n) is 4.05. The Hall–Kier alpha value is -1.29. The summed E-state index contributed by atoms with van der Waals surface area (Å²) in [5, 5.41) is 6.55. The van der Waals surface area contributed by atoms with Crippen LogP contribution in [0.5, 0.6) is 0 Å². The molecule has 3 rings (SSSR count). The second kappa shape index (κ2) is 4.43. The third kappa shape index (κ3) is 1.94. The number of hydrogen-bond donors (Lipinski definition) is 2. The first-order valence-electron chi connectivity index (χ1n) is 6.33. The van der Waals surface area contributed by atoms with Gasteiger partial charge in [0.15, 0.2) is 0 Å². The molecule has 1 aromatic heterocycles. The fourth-order valence-electron chi connectivity index (χ4n) is 3.17. The molecule has 1 aliphatic heterocycles. The molecule has 0 radical (unpaired) electrons. The van der Waals surface area contributed by atoms with Crippen molar-refractivity contribution in [2.75, 3.05) is 0 Å². The van der Waals surface area contributed by atoms with Crippen molar-refractivity contribution in [3.05, 3.63) is 28.5 Å². The zero-order chi connectivity index (χ0) is 12.7. The van der Waals surface area contributed by atoms with E-state index in [0.29, 0.717) is 11.1 Å². The van der Waals surface area contributed by atoms with E-state index in [9.17, 15) is 4.79 Å². The smallest absolute Gasteiger partial charge is 0.315 e. The summed E-state index contributed by atoms with van der Waals surface area (Å²) in [6, 6.07) is 2.47. The molecule has 3 atom stereocenters. The topological polar surface area (TPSA) is 54.0 Å². The van der Waals surface area contributed by atoms with Gasteiger partial charge in [-0.2, -0.15) is 0 Å². The molecule has 2 fully saturated rings. The second-order valence-corrected chi connectivity index (χ2v) is 5.53. The predicted molar refractivity (Wildman–Crippen MR) is 69.8 cm³/mol. The molecule has 3 unspecified atom stereocenters. The van der Waals surface area contributed by atoms with Gasteiger partial charge in [0.25, 0.3) is 0 Å². The Kier molecular flexibility index (Phi) is 2.90. The number of aryl methyl sites for hydroxylation is 1. The summed E-state index contributed by atoms with van der Waals surface area (Å²) >= 11 is 6.22. The van der Waals surface area contributed by atoms with Crippen LogP contribution in [0.15, 0.2) is 12.3 Å². The number of aromatic nitrogens is 1. The molecular formula is C13H16ClN3O. The maximum Gasteiger partial charge on any atom is 0.315 e. The van der Waals surface area contributed by atoms with Gasteiger partial charge >= 0.3 is 6.03 Å². The monoisotopic (exact) mass is 265 g/mol. The summed E-state index contributed by atoms with van der Waals surface area (Å²) in [5.74, 6) is 0.396. The van der Waals surface area contributed by atoms with Crippen LogP contribution in [0.3, 0.4) is 0 Å². The van der Waals surface area contributed by atoms with Crippen molar-refractivity contribution < 1.29 is 4.79 Å². The highest BCUT2D eigenvalue weighted by atomic mass is 35.5. The molecule has 1 saturated heterocycles. The fraction of sp³-hybridized carbons (Fsp3) is 0.538. The maximum atomic E-state index is 11.3. The van der Waals surface area contributed by atoms with E-state index in [-0.39, 0.29) is 18.1 Å². The van der Waals surface area contributed by atoms with Crippen LogP contribution in [-0.4, -0.2) is 23.1 Å². The van der Waals surface area contributed by atoms with Gasteiger partial charge in [-0.1, -0.05) is 11.6 Å². The van der Waals surface area contributed by atoms with Crippen LogP contribution in [0.4, 0.5) is 4.79 Å². The van der Waals surface area contributed by atoms with Crippen LogP contribution in [0.25, 0.3) is 0 Å². The van der Waals surface area contributed by atoms with E-state index in [1.165, 1.54) is 5.56 Å². The Bertz CT molecular complexity index is 471. The Morgan fingerprint density at radius 3 is 2.89 bits per heavy atom. The van der Waals surface area contributed by atoms with Crippen LogP contribution in [0.1, 0.15) is 36.3 Å². The van der Waals surface area contributed by atoms with Crippen molar-refractivity contribution >= 4 is 17.6 Å². The maximum absolute atomic E-state index is 11.3. The number of fused-ring (bicyclic) bond motifs is 1. The highest BCUT2D eigenvalue weighted by Crippen LogP contribution is 2.38. The lowest BCUT2D eigenvalue weighted by molar-refractivity contribution is 0.247. The molecule has 18 heavy (non-hydrogen) atoms. The average molecular weight is 266 g/mol. The van der Waals surface area contributed by atoms with Gasteiger partial charge in [0.2, 0.25) is 0 Å². The molecule has 2 amide bonds. The number of rotatable bonds is 1. The molecule has 2 heterocycles. The van der Waals surface area contributed by atoms with Gasteiger partial charge in [-0.3, -0.25) is 0 Å². The summed E-state index contributed by atoms with van der Waals surface area (Å²) in [4.78, 5) is 15.5. The summed E-state index contributed by atoms with van der Waals surface area (Å²) in [6.07, 6.45) is 4.73. The number of nitrogens with one attached hydrogen (secondary N) is 2. The summed E-state index contributed by atoms with van der Waals surface area (Å²) in [7, 11) is 0. The number of carbonyl (C=O) groups is 1. The Morgan fingerprint density at radius 1 is 1.33 bits per heavy atom. The van der Waals surface area contributed by atoms with Crippen molar-refractivity contribution in [1.82, 2.24) is 15.6 Å². The number of pyridine rings is 1. The summed E-state index contributed by atoms with van der Waals surface area (Å²) in [6.45, 7) is 2.07. The van der Waals surface area contributed by atoms with Gasteiger partial charge in [-0.15, -0.1) is 0 Å². The molecule has 2 aliphatic rings. The minimum absolute atomic E-state index is 0.0420. The standard InChI is InChI=1S/C13H16ClN3O/c1-7-4-5-15-12(14)11(7)8-2-3-9-10(6-8)17-13(18)16-9/h4-5,8-10H,2-3,6H2,1H3,(H2,16,17,18). The van der Waals surface area contributed by atoms with E-state index in [2.05, 4.69) is 22.5 Å². The molecule has 0 bridgehead atoms. The van der Waals surface area contributed by atoms with Crippen LogP contribution in [0.2, 0.25) is 5.15 Å². The lowest BCUT2D eigenvalue weighted by atomic mass is 9.79. The first-order chi connectivity index (χ1) is 8.65. The van der Waals surface area contributed by atoms with E-state index in [1.54, 1.807) is 6.20 Å². The minimum Gasteiger partial charge on any atom is -0.333 e. The molecule has 0 spiro atoms. The van der Waals surface area contributed by atoms with Crippen molar-refractivity contribution in [2.24, 2.45) is 0 Å². The molecular weight excluding hydrogens is 250 g/mol. The summed E-state index contributed by atoms with van der Waals surface area (Å²) in [5.41, 5.74) is 2.34. The first kappa shape index (κ1) is 11.8. The molecule has 4 nitrogen and oxygen atoms in total. The lowest BCUT2D eigenvalue weighted by Crippen LogP contribution is -2.39. The van der Waals surface area contributed by atoms with E-state index >= 15 is 0 Å². The molecule has 5 heteroatoms. The molecule has 1 saturated carbocycles. The van der Waals surface area contributed by atoms with E-state index in [0.717, 1.165) is 24.8 Å². The van der Waals surface area contributed by atoms with Gasteiger partial charge < -0.3 is 10.6 Å². The van der Waals surface area contributed by atoms with Gasteiger partial charge in [-0.05, 0) is 49.3 Å². The zero-order valence-corrected chi connectivity index (χ0v) is 11.0. The number of halogens is 1. The van der Waals surface area contributed by atoms with Gasteiger partial charge in [0, 0.05) is 6.20 Å². The zero-order valence-electron chi connectivity index (χ0n) is 10.2. The molecule has 1 aromatic rings. The molecule has 96 valence electrons. The van der Waals surface area contributed by atoms with Crippen LogP contribution >= 0.6 is 11.6 Å². The lowest BCUT2D eigenvalue weighted by Gasteiger charge is -2.31. The second-order valence-electron chi connectivity index (χ2n) is 5.17. The molecule has 2 N–H and O–H groups in total. The highest BCUT2D eigenvalue weighted by molar-refractivity contribution is 6.30. The van der Waals surface area contributed by atoms with E-state index in [1.807, 2.05) is 6.07 Å². The van der Waals surface area contributed by atoms with Crippen LogP contribution in [0, 0.1) is 6.92 Å². The largest absolute Gasteiger partial charge is 0.333 e. The predicted octanol–water partition coefficient (Wildman–Crippen LogP) is 2.36. The number of carbonyl (C=O) groups excluding carboxylic acids is 1. The van der Waals surface area contributed by atoms with Gasteiger partial charge in [-0.25, -0.2) is 9.78 Å². The van der Waals surface area contributed by atoms with E-state index < -0.39 is 0 Å². The van der Waals surface area contributed by atoms with Gasteiger partial charge in [0.1, 0.15) is 5.15 Å². The third-order valence-corrected chi connectivity index (χ3v) is 4.35. The van der Waals surface area contributed by atoms with Crippen molar-refractivity contribution in [3.8, 4) is 0 Å². The number of urea groups is 1. The molecule has 1 aliphatic carbocycles. The normalized spacial score (nSPS) is 30.6. The van der Waals surface area contributed by atoms with Crippen LogP contribution < -0.4 is 10.6 Å². The van der Waals surface area contributed by atoms with E-state index in [4.69, 9.17) is 11.6 Å². The average Bonchev–Trinajstić information content (AvgIpc) is 2.68. The quantitative estimate of drug-likeness (QED) is 0.766. The number of nitrogens with zero attached hydrogens (tertiary/aromatic N) is 1. The number of amides is 2. The molecule has 0 aromatic carbocycles. The SMILES string of the molecule is Cc1ccnc(Cl)c1C1CCC2NC(=O)NC2C1.